The number of carboxylic acid groups (broad SMARTS) is 1. The van der Waals surface area contributed by atoms with Gasteiger partial charge in [0, 0.05) is 4.92 Å². The Balaban J connectivity index is 3.21. The number of carbonyl (C=O) groups is 1. The molecule has 104 valence electrons. The van der Waals surface area contributed by atoms with Crippen molar-refractivity contribution in [3.8, 4) is 0 Å². The standard InChI is InChI=1S/C11H10F3NO4/c12-11(13,14)9-4-2-1-3-8(9)7(5-10(16)17)6-15(18)19/h1-4,7H,5-6H2,(H,16,17)/t7-/m1/s1. The quantitative estimate of drug-likeness (QED) is 0.662. The van der Waals surface area contributed by atoms with Gasteiger partial charge in [0.15, 0.2) is 0 Å². The van der Waals surface area contributed by atoms with Crippen LogP contribution in [-0.4, -0.2) is 22.5 Å². The second kappa shape index (κ2) is 5.68. The van der Waals surface area contributed by atoms with Crippen LogP contribution in [0, 0.1) is 10.1 Å². The van der Waals surface area contributed by atoms with Crippen LogP contribution in [-0.2, 0) is 11.0 Å². The van der Waals surface area contributed by atoms with Gasteiger partial charge in [-0.05, 0) is 11.6 Å². The lowest BCUT2D eigenvalue weighted by atomic mass is 9.91. The molecule has 0 aliphatic carbocycles. The van der Waals surface area contributed by atoms with Crippen molar-refractivity contribution in [1.29, 1.82) is 0 Å². The van der Waals surface area contributed by atoms with Crippen LogP contribution in [0.5, 0.6) is 0 Å². The van der Waals surface area contributed by atoms with Crippen molar-refractivity contribution < 1.29 is 28.0 Å². The molecule has 1 rings (SSSR count). The van der Waals surface area contributed by atoms with Gasteiger partial charge in [-0.2, -0.15) is 13.2 Å². The lowest BCUT2D eigenvalue weighted by Gasteiger charge is -2.17. The van der Waals surface area contributed by atoms with E-state index in [2.05, 4.69) is 0 Å². The maximum atomic E-state index is 12.8. The Bertz CT molecular complexity index is 471. The molecule has 8 heteroatoms. The van der Waals surface area contributed by atoms with E-state index in [1.807, 2.05) is 0 Å². The number of nitrogens with zero attached hydrogens (tertiary/aromatic N) is 1. The van der Waals surface area contributed by atoms with Gasteiger partial charge in [0.1, 0.15) is 0 Å². The third-order valence-electron chi connectivity index (χ3n) is 2.50. The summed E-state index contributed by atoms with van der Waals surface area (Å²) in [6.45, 7) is -0.862. The van der Waals surface area contributed by atoms with Gasteiger partial charge in [-0.3, -0.25) is 14.9 Å². The van der Waals surface area contributed by atoms with Crippen molar-refractivity contribution in [3.05, 3.63) is 45.5 Å². The first-order valence-electron chi connectivity index (χ1n) is 5.21. The zero-order valence-corrected chi connectivity index (χ0v) is 9.55. The zero-order valence-electron chi connectivity index (χ0n) is 9.55. The molecule has 19 heavy (non-hydrogen) atoms. The Morgan fingerprint density at radius 1 is 1.37 bits per heavy atom. The van der Waals surface area contributed by atoms with E-state index in [0.717, 1.165) is 18.2 Å². The monoisotopic (exact) mass is 277 g/mol. The molecule has 0 radical (unpaired) electrons. The van der Waals surface area contributed by atoms with Crippen molar-refractivity contribution in [2.75, 3.05) is 6.54 Å². The van der Waals surface area contributed by atoms with Gasteiger partial charge in [-0.15, -0.1) is 0 Å². The highest BCUT2D eigenvalue weighted by molar-refractivity contribution is 5.68. The van der Waals surface area contributed by atoms with E-state index in [1.165, 1.54) is 6.07 Å². The number of hydrogen-bond acceptors (Lipinski definition) is 3. The Morgan fingerprint density at radius 2 is 1.95 bits per heavy atom. The summed E-state index contributed by atoms with van der Waals surface area (Å²) >= 11 is 0. The highest BCUT2D eigenvalue weighted by Crippen LogP contribution is 2.36. The van der Waals surface area contributed by atoms with Gasteiger partial charge in [0.25, 0.3) is 0 Å². The van der Waals surface area contributed by atoms with Gasteiger partial charge in [0.05, 0.1) is 17.9 Å². The predicted molar refractivity (Wildman–Crippen MR) is 58.3 cm³/mol. The molecule has 0 heterocycles. The number of halogens is 3. The molecule has 1 N–H and O–H groups in total. The van der Waals surface area contributed by atoms with Crippen molar-refractivity contribution in [3.63, 3.8) is 0 Å². The smallest absolute Gasteiger partial charge is 0.416 e. The molecule has 0 bridgehead atoms. The Labute approximate surface area is 105 Å². The summed E-state index contributed by atoms with van der Waals surface area (Å²) < 4.78 is 38.3. The SMILES string of the molecule is O=C(O)C[C@H](C[N+](=O)[O-])c1ccccc1C(F)(F)F. The summed E-state index contributed by atoms with van der Waals surface area (Å²) in [6.07, 6.45) is -5.40. The summed E-state index contributed by atoms with van der Waals surface area (Å²) in [6, 6.07) is 4.29. The highest BCUT2D eigenvalue weighted by Gasteiger charge is 2.36. The average Bonchev–Trinajstić information content (AvgIpc) is 2.25. The van der Waals surface area contributed by atoms with Crippen molar-refractivity contribution in [2.45, 2.75) is 18.5 Å². The van der Waals surface area contributed by atoms with Crippen LogP contribution in [0.2, 0.25) is 0 Å². The predicted octanol–water partition coefficient (Wildman–Crippen LogP) is 2.54. The van der Waals surface area contributed by atoms with Crippen LogP contribution in [0.4, 0.5) is 13.2 Å². The Morgan fingerprint density at radius 3 is 2.42 bits per heavy atom. The summed E-state index contributed by atoms with van der Waals surface area (Å²) in [5.74, 6) is -2.70. The maximum absolute atomic E-state index is 12.8. The molecule has 5 nitrogen and oxygen atoms in total. The van der Waals surface area contributed by atoms with Gasteiger partial charge in [0.2, 0.25) is 6.54 Å². The van der Waals surface area contributed by atoms with Crippen LogP contribution in [0.15, 0.2) is 24.3 Å². The molecule has 1 aromatic carbocycles. The van der Waals surface area contributed by atoms with Crippen LogP contribution in [0.25, 0.3) is 0 Å². The van der Waals surface area contributed by atoms with E-state index >= 15 is 0 Å². The van der Waals surface area contributed by atoms with Crippen LogP contribution >= 0.6 is 0 Å². The van der Waals surface area contributed by atoms with E-state index in [0.29, 0.717) is 0 Å². The molecule has 0 unspecified atom stereocenters. The third-order valence-corrected chi connectivity index (χ3v) is 2.50. The summed E-state index contributed by atoms with van der Waals surface area (Å²) in [5, 5.41) is 19.1. The number of hydrogen-bond donors (Lipinski definition) is 1. The molecule has 1 atom stereocenters. The minimum absolute atomic E-state index is 0.367. The third kappa shape index (κ3) is 4.23. The summed E-state index contributed by atoms with van der Waals surface area (Å²) in [7, 11) is 0. The summed E-state index contributed by atoms with van der Waals surface area (Å²) in [5.41, 5.74) is -1.41. The van der Waals surface area contributed by atoms with Crippen molar-refractivity contribution in [2.24, 2.45) is 0 Å². The molecule has 0 saturated carbocycles. The molecule has 0 aromatic heterocycles. The number of nitro groups is 1. The molecular weight excluding hydrogens is 267 g/mol. The fourth-order valence-electron chi connectivity index (χ4n) is 1.77. The lowest BCUT2D eigenvalue weighted by molar-refractivity contribution is -0.483. The van der Waals surface area contributed by atoms with E-state index in [-0.39, 0.29) is 5.56 Å². The van der Waals surface area contributed by atoms with Crippen molar-refractivity contribution in [1.82, 2.24) is 0 Å². The van der Waals surface area contributed by atoms with Crippen LogP contribution < -0.4 is 0 Å². The molecule has 0 amide bonds. The first-order valence-corrected chi connectivity index (χ1v) is 5.21. The van der Waals surface area contributed by atoms with Crippen molar-refractivity contribution >= 4 is 5.97 Å². The second-order valence-corrected chi connectivity index (χ2v) is 3.90. The molecular formula is C11H10F3NO4. The number of benzene rings is 1. The Hall–Kier alpha value is -2.12. The topological polar surface area (TPSA) is 80.4 Å². The molecule has 0 aliphatic heterocycles. The van der Waals surface area contributed by atoms with E-state index < -0.39 is 41.5 Å². The van der Waals surface area contributed by atoms with Crippen LogP contribution in [0.1, 0.15) is 23.5 Å². The van der Waals surface area contributed by atoms with E-state index in [4.69, 9.17) is 5.11 Å². The molecule has 1 aromatic rings. The second-order valence-electron chi connectivity index (χ2n) is 3.90. The molecule has 0 aliphatic rings. The number of carboxylic acids is 1. The fraction of sp³-hybridized carbons (Fsp3) is 0.364. The van der Waals surface area contributed by atoms with Gasteiger partial charge in [-0.1, -0.05) is 18.2 Å². The molecule has 0 fully saturated rings. The molecule has 0 spiro atoms. The minimum atomic E-state index is -4.68. The lowest BCUT2D eigenvalue weighted by Crippen LogP contribution is -2.20. The van der Waals surface area contributed by atoms with Crippen LogP contribution in [0.3, 0.4) is 0 Å². The van der Waals surface area contributed by atoms with Gasteiger partial charge < -0.3 is 5.11 Å². The Kier molecular flexibility index (Phi) is 4.47. The zero-order chi connectivity index (χ0) is 14.6. The highest BCUT2D eigenvalue weighted by atomic mass is 19.4. The molecule has 0 saturated heterocycles. The van der Waals surface area contributed by atoms with Gasteiger partial charge in [-0.25, -0.2) is 0 Å². The first-order chi connectivity index (χ1) is 8.71. The summed E-state index contributed by atoms with van der Waals surface area (Å²) in [4.78, 5) is 20.3. The number of alkyl halides is 3. The fourth-order valence-corrected chi connectivity index (χ4v) is 1.77. The van der Waals surface area contributed by atoms with E-state index in [9.17, 15) is 28.1 Å². The first kappa shape index (κ1) is 14.9. The van der Waals surface area contributed by atoms with E-state index in [1.54, 1.807) is 0 Å². The normalized spacial score (nSPS) is 13.0. The largest absolute Gasteiger partial charge is 0.481 e. The van der Waals surface area contributed by atoms with Gasteiger partial charge >= 0.3 is 12.1 Å². The minimum Gasteiger partial charge on any atom is -0.481 e. The number of rotatable bonds is 5. The number of aliphatic carboxylic acids is 1. The maximum Gasteiger partial charge on any atom is 0.416 e. The average molecular weight is 277 g/mol.